The van der Waals surface area contributed by atoms with Crippen LogP contribution in [0.15, 0.2) is 18.2 Å². The summed E-state index contributed by atoms with van der Waals surface area (Å²) in [6.45, 7) is 0. The highest BCUT2D eigenvalue weighted by atomic mass is 16.5. The molecule has 3 rings (SSSR count). The summed E-state index contributed by atoms with van der Waals surface area (Å²) < 4.78 is 9.45. The third-order valence-corrected chi connectivity index (χ3v) is 5.18. The van der Waals surface area contributed by atoms with Gasteiger partial charge in [0.05, 0.1) is 31.0 Å². The molecule has 3 unspecified atom stereocenters. The van der Waals surface area contributed by atoms with E-state index in [2.05, 4.69) is 5.32 Å². The summed E-state index contributed by atoms with van der Waals surface area (Å²) in [4.78, 5) is 36.3. The number of carbonyl (C=O) groups excluding carboxylic acids is 3. The van der Waals surface area contributed by atoms with Gasteiger partial charge in [-0.15, -0.1) is 0 Å². The highest BCUT2D eigenvalue weighted by Crippen LogP contribution is 2.48. The molecule has 1 aromatic rings. The average Bonchev–Trinajstić information content (AvgIpc) is 3.23. The molecule has 2 saturated carbocycles. The summed E-state index contributed by atoms with van der Waals surface area (Å²) in [6, 6.07) is 4.41. The Balaban J connectivity index is 1.85. The first-order valence-corrected chi connectivity index (χ1v) is 8.15. The summed E-state index contributed by atoms with van der Waals surface area (Å²) in [5.41, 5.74) is 0.785. The minimum atomic E-state index is -0.561. The van der Waals surface area contributed by atoms with E-state index in [9.17, 15) is 14.4 Å². The van der Waals surface area contributed by atoms with Gasteiger partial charge in [-0.05, 0) is 49.3 Å². The molecule has 24 heavy (non-hydrogen) atoms. The Morgan fingerprint density at radius 3 is 2.38 bits per heavy atom. The number of esters is 2. The van der Waals surface area contributed by atoms with Crippen LogP contribution in [-0.2, 0) is 14.3 Å². The van der Waals surface area contributed by atoms with Crippen molar-refractivity contribution >= 4 is 23.5 Å². The van der Waals surface area contributed by atoms with Gasteiger partial charge in [0.25, 0.3) is 0 Å². The molecule has 0 spiro atoms. The van der Waals surface area contributed by atoms with Crippen molar-refractivity contribution in [2.24, 2.45) is 17.8 Å². The van der Waals surface area contributed by atoms with Crippen LogP contribution >= 0.6 is 0 Å². The van der Waals surface area contributed by atoms with Gasteiger partial charge in [-0.3, -0.25) is 4.79 Å². The molecule has 6 heteroatoms. The number of ether oxygens (including phenoxy) is 2. The van der Waals surface area contributed by atoms with E-state index < -0.39 is 11.9 Å². The maximum atomic E-state index is 12.6. The van der Waals surface area contributed by atoms with Gasteiger partial charge in [-0.2, -0.15) is 0 Å². The summed E-state index contributed by atoms with van der Waals surface area (Å²) in [5, 5.41) is 2.82. The molecule has 2 bridgehead atoms. The second kappa shape index (κ2) is 6.63. The number of benzene rings is 1. The molecule has 6 nitrogen and oxygen atoms in total. The minimum Gasteiger partial charge on any atom is -0.465 e. The maximum absolute atomic E-state index is 12.6. The minimum absolute atomic E-state index is 0.0176. The Labute approximate surface area is 140 Å². The predicted octanol–water partition coefficient (Wildman–Crippen LogP) is 2.63. The summed E-state index contributed by atoms with van der Waals surface area (Å²) >= 11 is 0. The van der Waals surface area contributed by atoms with Crippen molar-refractivity contribution in [3.63, 3.8) is 0 Å². The van der Waals surface area contributed by atoms with Gasteiger partial charge in [0, 0.05) is 5.92 Å². The number of methoxy groups -OCH3 is 2. The Morgan fingerprint density at radius 2 is 1.79 bits per heavy atom. The number of amides is 1. The Morgan fingerprint density at radius 1 is 1.04 bits per heavy atom. The molecule has 2 aliphatic rings. The summed E-state index contributed by atoms with van der Waals surface area (Å²) in [5.74, 6) is -0.116. The first-order valence-electron chi connectivity index (χ1n) is 8.15. The van der Waals surface area contributed by atoms with Gasteiger partial charge in [0.1, 0.15) is 0 Å². The van der Waals surface area contributed by atoms with E-state index >= 15 is 0 Å². The zero-order chi connectivity index (χ0) is 17.3. The highest BCUT2D eigenvalue weighted by molar-refractivity contribution is 6.04. The van der Waals surface area contributed by atoms with Crippen molar-refractivity contribution in [1.82, 2.24) is 0 Å². The van der Waals surface area contributed by atoms with E-state index in [1.807, 2.05) is 0 Å². The van der Waals surface area contributed by atoms with Gasteiger partial charge >= 0.3 is 11.9 Å². The molecule has 1 amide bonds. The molecule has 1 N–H and O–H groups in total. The molecular formula is C18H21NO5. The number of fused-ring (bicyclic) bond motifs is 2. The molecule has 2 aliphatic carbocycles. The van der Waals surface area contributed by atoms with E-state index in [1.54, 1.807) is 0 Å². The number of hydrogen-bond donors (Lipinski definition) is 1. The number of rotatable bonds is 4. The first kappa shape index (κ1) is 16.5. The van der Waals surface area contributed by atoms with Gasteiger partial charge in [-0.1, -0.05) is 6.42 Å². The van der Waals surface area contributed by atoms with Gasteiger partial charge in [0.2, 0.25) is 5.91 Å². The predicted molar refractivity (Wildman–Crippen MR) is 86.7 cm³/mol. The Hall–Kier alpha value is -2.37. The fourth-order valence-corrected chi connectivity index (χ4v) is 3.97. The lowest BCUT2D eigenvalue weighted by Crippen LogP contribution is -2.28. The van der Waals surface area contributed by atoms with E-state index in [-0.39, 0.29) is 28.6 Å². The largest absolute Gasteiger partial charge is 0.465 e. The molecular weight excluding hydrogens is 310 g/mol. The lowest BCUT2D eigenvalue weighted by atomic mass is 9.88. The Kier molecular flexibility index (Phi) is 4.55. The van der Waals surface area contributed by atoms with Crippen molar-refractivity contribution < 1.29 is 23.9 Å². The number of anilines is 1. The van der Waals surface area contributed by atoms with Crippen LogP contribution in [-0.4, -0.2) is 32.1 Å². The van der Waals surface area contributed by atoms with Crippen molar-refractivity contribution in [3.8, 4) is 0 Å². The van der Waals surface area contributed by atoms with E-state index in [0.29, 0.717) is 11.8 Å². The quantitative estimate of drug-likeness (QED) is 0.858. The third kappa shape index (κ3) is 3.00. The lowest BCUT2D eigenvalue weighted by Gasteiger charge is -2.21. The van der Waals surface area contributed by atoms with E-state index in [1.165, 1.54) is 38.8 Å². The zero-order valence-corrected chi connectivity index (χ0v) is 13.8. The molecule has 0 aromatic heterocycles. The maximum Gasteiger partial charge on any atom is 0.339 e. The van der Waals surface area contributed by atoms with Crippen LogP contribution in [0.2, 0.25) is 0 Å². The lowest BCUT2D eigenvalue weighted by molar-refractivity contribution is -0.121. The van der Waals surface area contributed by atoms with Gasteiger partial charge < -0.3 is 14.8 Å². The number of nitrogens with one attached hydrogen (secondary N) is 1. The first-order chi connectivity index (χ1) is 11.5. The molecule has 0 saturated heterocycles. The summed E-state index contributed by atoms with van der Waals surface area (Å²) in [7, 11) is 2.56. The molecule has 2 fully saturated rings. The highest BCUT2D eigenvalue weighted by Gasteiger charge is 2.43. The Bertz CT molecular complexity index is 684. The standard InChI is InChI=1S/C18H21NO5/c1-23-17(21)12-5-6-13(18(22)24-2)15(9-12)19-16(20)14-8-10-3-4-11(14)7-10/h5-6,9-11,14H,3-4,7-8H2,1-2H3,(H,19,20). The van der Waals surface area contributed by atoms with E-state index in [4.69, 9.17) is 9.47 Å². The van der Waals surface area contributed by atoms with Crippen molar-refractivity contribution in [1.29, 1.82) is 0 Å². The second-order valence-electron chi connectivity index (χ2n) is 6.51. The van der Waals surface area contributed by atoms with E-state index in [0.717, 1.165) is 19.3 Å². The van der Waals surface area contributed by atoms with Crippen LogP contribution in [0.4, 0.5) is 5.69 Å². The van der Waals surface area contributed by atoms with Crippen LogP contribution in [0.5, 0.6) is 0 Å². The molecule has 1 aromatic carbocycles. The van der Waals surface area contributed by atoms with Crippen molar-refractivity contribution in [2.75, 3.05) is 19.5 Å². The summed E-state index contributed by atoms with van der Waals surface area (Å²) in [6.07, 6.45) is 4.32. The molecule has 0 aliphatic heterocycles. The number of carbonyl (C=O) groups is 3. The fraction of sp³-hybridized carbons (Fsp3) is 0.500. The normalized spacial score (nSPS) is 24.5. The van der Waals surface area contributed by atoms with Crippen LogP contribution in [0.1, 0.15) is 46.4 Å². The molecule has 128 valence electrons. The van der Waals surface area contributed by atoms with Gasteiger partial charge in [-0.25, -0.2) is 9.59 Å². The van der Waals surface area contributed by atoms with Crippen molar-refractivity contribution in [3.05, 3.63) is 29.3 Å². The SMILES string of the molecule is COC(=O)c1ccc(C(=O)OC)c(NC(=O)C2CC3CCC2C3)c1. The fourth-order valence-electron chi connectivity index (χ4n) is 3.97. The average molecular weight is 331 g/mol. The molecule has 0 radical (unpaired) electrons. The van der Waals surface area contributed by atoms with Gasteiger partial charge in [0.15, 0.2) is 0 Å². The van der Waals surface area contributed by atoms with Crippen LogP contribution in [0.25, 0.3) is 0 Å². The number of hydrogen-bond acceptors (Lipinski definition) is 5. The van der Waals surface area contributed by atoms with Crippen molar-refractivity contribution in [2.45, 2.75) is 25.7 Å². The zero-order valence-electron chi connectivity index (χ0n) is 13.8. The second-order valence-corrected chi connectivity index (χ2v) is 6.51. The van der Waals surface area contributed by atoms with Crippen LogP contribution in [0, 0.1) is 17.8 Å². The molecule has 0 heterocycles. The van der Waals surface area contributed by atoms with Crippen LogP contribution in [0.3, 0.4) is 0 Å². The smallest absolute Gasteiger partial charge is 0.339 e. The molecule has 3 atom stereocenters. The van der Waals surface area contributed by atoms with Crippen LogP contribution < -0.4 is 5.32 Å². The monoisotopic (exact) mass is 331 g/mol. The third-order valence-electron chi connectivity index (χ3n) is 5.18. The topological polar surface area (TPSA) is 81.7 Å².